The van der Waals surface area contributed by atoms with Crippen molar-refractivity contribution in [3.63, 3.8) is 0 Å². The molecular formula is C15H14NO4-. The number of carboxylic acid groups (broad SMARTS) is 1. The molecule has 1 aromatic carbocycles. The second-order valence-electron chi connectivity index (χ2n) is 5.02. The second kappa shape index (κ2) is 5.09. The zero-order valence-electron chi connectivity index (χ0n) is 10.7. The van der Waals surface area contributed by atoms with Crippen LogP contribution in [0.4, 0.5) is 0 Å². The predicted octanol–water partition coefficient (Wildman–Crippen LogP) is -0.378. The molecule has 5 nitrogen and oxygen atoms in total. The Bertz CT molecular complexity index is 554. The van der Waals surface area contributed by atoms with Gasteiger partial charge in [0.2, 0.25) is 5.91 Å². The SMILES string of the molecule is O=C([O-])[C@@H]1[C@@H](C(=O)NCc2ccccc2)[C@H]2C=C[C@@H]1O2. The highest BCUT2D eigenvalue weighted by molar-refractivity contribution is 5.86. The maximum Gasteiger partial charge on any atom is 0.227 e. The van der Waals surface area contributed by atoms with Gasteiger partial charge >= 0.3 is 0 Å². The highest BCUT2D eigenvalue weighted by Gasteiger charge is 2.50. The summed E-state index contributed by atoms with van der Waals surface area (Å²) in [5.41, 5.74) is 0.963. The van der Waals surface area contributed by atoms with Crippen molar-refractivity contribution in [3.8, 4) is 0 Å². The fraction of sp³-hybridized carbons (Fsp3) is 0.333. The van der Waals surface area contributed by atoms with Crippen molar-refractivity contribution in [1.29, 1.82) is 0 Å². The van der Waals surface area contributed by atoms with Gasteiger partial charge in [0.05, 0.1) is 18.1 Å². The minimum Gasteiger partial charge on any atom is -0.550 e. The van der Waals surface area contributed by atoms with Gasteiger partial charge in [-0.2, -0.15) is 0 Å². The number of hydrogen-bond donors (Lipinski definition) is 1. The summed E-state index contributed by atoms with van der Waals surface area (Å²) in [6, 6.07) is 9.46. The van der Waals surface area contributed by atoms with E-state index in [9.17, 15) is 14.7 Å². The molecule has 3 rings (SSSR count). The second-order valence-corrected chi connectivity index (χ2v) is 5.02. The Hall–Kier alpha value is -2.14. The van der Waals surface area contributed by atoms with Gasteiger partial charge in [0.25, 0.3) is 0 Å². The lowest BCUT2D eigenvalue weighted by molar-refractivity contribution is -0.313. The summed E-state index contributed by atoms with van der Waals surface area (Å²) < 4.78 is 5.44. The molecule has 2 bridgehead atoms. The first kappa shape index (κ1) is 12.9. The number of hydrogen-bond acceptors (Lipinski definition) is 4. The van der Waals surface area contributed by atoms with Crippen LogP contribution in [0.1, 0.15) is 5.56 Å². The number of carbonyl (C=O) groups excluding carboxylic acids is 2. The lowest BCUT2D eigenvalue weighted by Gasteiger charge is -2.24. The zero-order chi connectivity index (χ0) is 14.1. The van der Waals surface area contributed by atoms with Gasteiger partial charge in [-0.25, -0.2) is 0 Å². The summed E-state index contributed by atoms with van der Waals surface area (Å²) in [6.45, 7) is 0.372. The van der Waals surface area contributed by atoms with Gasteiger partial charge in [-0.3, -0.25) is 4.79 Å². The molecule has 0 radical (unpaired) electrons. The fourth-order valence-corrected chi connectivity index (χ4v) is 2.80. The minimum atomic E-state index is -1.23. The Balaban J connectivity index is 1.68. The first-order chi connectivity index (χ1) is 9.66. The van der Waals surface area contributed by atoms with Crippen LogP contribution in [0.25, 0.3) is 0 Å². The number of carboxylic acids is 1. The maximum absolute atomic E-state index is 12.2. The number of nitrogens with one attached hydrogen (secondary N) is 1. The van der Waals surface area contributed by atoms with Crippen LogP contribution in [0.2, 0.25) is 0 Å². The van der Waals surface area contributed by atoms with Gasteiger partial charge in [-0.1, -0.05) is 42.5 Å². The topological polar surface area (TPSA) is 78.5 Å². The van der Waals surface area contributed by atoms with E-state index in [1.165, 1.54) is 0 Å². The molecule has 5 heteroatoms. The summed E-state index contributed by atoms with van der Waals surface area (Å²) in [6.07, 6.45) is 2.43. The quantitative estimate of drug-likeness (QED) is 0.758. The van der Waals surface area contributed by atoms with E-state index in [0.717, 1.165) is 5.56 Å². The normalized spacial score (nSPS) is 30.4. The van der Waals surface area contributed by atoms with Crippen molar-refractivity contribution >= 4 is 11.9 Å². The lowest BCUT2D eigenvalue weighted by atomic mass is 9.82. The lowest BCUT2D eigenvalue weighted by Crippen LogP contribution is -2.46. The third-order valence-corrected chi connectivity index (χ3v) is 3.78. The molecule has 0 saturated carbocycles. The van der Waals surface area contributed by atoms with Gasteiger partial charge in [-0.05, 0) is 5.56 Å². The molecule has 1 amide bonds. The number of ether oxygens (including phenoxy) is 1. The van der Waals surface area contributed by atoms with E-state index in [0.29, 0.717) is 6.54 Å². The van der Waals surface area contributed by atoms with Gasteiger partial charge in [0.15, 0.2) is 0 Å². The standard InChI is InChI=1S/C15H15NO4/c17-14(16-8-9-4-2-1-3-5-9)12-10-6-7-11(20-10)13(12)15(18)19/h1-7,10-13H,8H2,(H,16,17)(H,18,19)/p-1/t10-,11+,12+,13+/m1/s1. The smallest absolute Gasteiger partial charge is 0.227 e. The van der Waals surface area contributed by atoms with Gasteiger partial charge in [0, 0.05) is 18.4 Å². The zero-order valence-corrected chi connectivity index (χ0v) is 10.7. The summed E-state index contributed by atoms with van der Waals surface area (Å²) in [5, 5.41) is 13.9. The van der Waals surface area contributed by atoms with E-state index in [1.54, 1.807) is 12.2 Å². The number of fused-ring (bicyclic) bond motifs is 2. The van der Waals surface area contributed by atoms with Crippen LogP contribution >= 0.6 is 0 Å². The van der Waals surface area contributed by atoms with Crippen LogP contribution in [0.5, 0.6) is 0 Å². The Kier molecular flexibility index (Phi) is 3.28. The van der Waals surface area contributed by atoms with E-state index in [-0.39, 0.29) is 5.91 Å². The van der Waals surface area contributed by atoms with Gasteiger partial charge < -0.3 is 20.0 Å². The summed E-state index contributed by atoms with van der Waals surface area (Å²) in [5.74, 6) is -3.15. The largest absolute Gasteiger partial charge is 0.550 e. The molecule has 2 heterocycles. The summed E-state index contributed by atoms with van der Waals surface area (Å²) in [4.78, 5) is 23.4. The van der Waals surface area contributed by atoms with Crippen molar-refractivity contribution in [2.24, 2.45) is 11.8 Å². The number of rotatable bonds is 4. The number of aliphatic carboxylic acids is 1. The van der Waals surface area contributed by atoms with E-state index >= 15 is 0 Å². The molecule has 1 fully saturated rings. The molecule has 20 heavy (non-hydrogen) atoms. The van der Waals surface area contributed by atoms with Crippen LogP contribution < -0.4 is 10.4 Å². The Labute approximate surface area is 116 Å². The maximum atomic E-state index is 12.2. The molecule has 4 atom stereocenters. The van der Waals surface area contributed by atoms with Crippen LogP contribution in [-0.2, 0) is 20.9 Å². The van der Waals surface area contributed by atoms with Gasteiger partial charge in [-0.15, -0.1) is 0 Å². The van der Waals surface area contributed by atoms with Crippen molar-refractivity contribution in [3.05, 3.63) is 48.0 Å². The Morgan fingerprint density at radius 3 is 2.40 bits per heavy atom. The van der Waals surface area contributed by atoms with Crippen LogP contribution in [0, 0.1) is 11.8 Å². The number of amides is 1. The van der Waals surface area contributed by atoms with Crippen LogP contribution in [-0.4, -0.2) is 24.1 Å². The molecule has 2 aliphatic rings. The molecule has 0 unspecified atom stereocenters. The van der Waals surface area contributed by atoms with Crippen LogP contribution in [0.3, 0.4) is 0 Å². The van der Waals surface area contributed by atoms with E-state index < -0.39 is 30.0 Å². The number of benzene rings is 1. The first-order valence-electron chi connectivity index (χ1n) is 6.53. The molecular weight excluding hydrogens is 258 g/mol. The fourth-order valence-electron chi connectivity index (χ4n) is 2.80. The highest BCUT2D eigenvalue weighted by atomic mass is 16.5. The Morgan fingerprint density at radius 2 is 1.75 bits per heavy atom. The Morgan fingerprint density at radius 1 is 1.10 bits per heavy atom. The summed E-state index contributed by atoms with van der Waals surface area (Å²) in [7, 11) is 0. The minimum absolute atomic E-state index is 0.306. The monoisotopic (exact) mass is 272 g/mol. The van der Waals surface area contributed by atoms with E-state index in [4.69, 9.17) is 4.74 Å². The van der Waals surface area contributed by atoms with Crippen molar-refractivity contribution < 1.29 is 19.4 Å². The first-order valence-corrected chi connectivity index (χ1v) is 6.53. The summed E-state index contributed by atoms with van der Waals surface area (Å²) >= 11 is 0. The van der Waals surface area contributed by atoms with Crippen molar-refractivity contribution in [2.75, 3.05) is 0 Å². The number of carbonyl (C=O) groups is 2. The average Bonchev–Trinajstić information content (AvgIpc) is 3.06. The predicted molar refractivity (Wildman–Crippen MR) is 68.1 cm³/mol. The third-order valence-electron chi connectivity index (χ3n) is 3.78. The average molecular weight is 272 g/mol. The molecule has 2 aliphatic heterocycles. The van der Waals surface area contributed by atoms with Gasteiger partial charge in [0.1, 0.15) is 0 Å². The third kappa shape index (κ3) is 2.20. The van der Waals surface area contributed by atoms with E-state index in [2.05, 4.69) is 5.32 Å². The van der Waals surface area contributed by atoms with Crippen LogP contribution in [0.15, 0.2) is 42.5 Å². The molecule has 1 aromatic rings. The highest BCUT2D eigenvalue weighted by Crippen LogP contribution is 2.38. The van der Waals surface area contributed by atoms with Crippen molar-refractivity contribution in [1.82, 2.24) is 5.32 Å². The van der Waals surface area contributed by atoms with E-state index in [1.807, 2.05) is 30.3 Å². The molecule has 0 aromatic heterocycles. The van der Waals surface area contributed by atoms with Crippen molar-refractivity contribution in [2.45, 2.75) is 18.8 Å². The molecule has 1 saturated heterocycles. The molecule has 104 valence electrons. The molecule has 1 N–H and O–H groups in total. The molecule has 0 spiro atoms. The molecule has 0 aliphatic carbocycles.